The molecule has 0 saturated carbocycles. The quantitative estimate of drug-likeness (QED) is 0.329. The predicted octanol–water partition coefficient (Wildman–Crippen LogP) is 3.18. The van der Waals surface area contributed by atoms with Crippen molar-refractivity contribution in [2.24, 2.45) is 5.41 Å². The fourth-order valence-corrected chi connectivity index (χ4v) is 3.44. The van der Waals surface area contributed by atoms with Crippen LogP contribution in [-0.4, -0.2) is 56.0 Å². The number of carbonyl (C=O) groups excluding carboxylic acids is 3. The first kappa shape index (κ1) is 23.7. The van der Waals surface area contributed by atoms with E-state index >= 15 is 0 Å². The number of hydrogen-bond acceptors (Lipinski definition) is 6. The van der Waals surface area contributed by atoms with Gasteiger partial charge in [-0.05, 0) is 55.9 Å². The summed E-state index contributed by atoms with van der Waals surface area (Å²) in [5, 5.41) is 0. The second-order valence-corrected chi connectivity index (χ2v) is 8.17. The Labute approximate surface area is 178 Å². The molecule has 0 N–H and O–H groups in total. The van der Waals surface area contributed by atoms with Gasteiger partial charge in [0.2, 0.25) is 5.78 Å². The lowest BCUT2D eigenvalue weighted by Crippen LogP contribution is -2.48. The van der Waals surface area contributed by atoms with Gasteiger partial charge in [-0.25, -0.2) is 4.79 Å². The van der Waals surface area contributed by atoms with Crippen molar-refractivity contribution < 1.29 is 28.6 Å². The number of likely N-dealkylation sites (tertiary alicyclic amines) is 1. The van der Waals surface area contributed by atoms with Crippen LogP contribution in [0.3, 0.4) is 0 Å². The first-order chi connectivity index (χ1) is 14.2. The van der Waals surface area contributed by atoms with E-state index in [1.54, 1.807) is 28.1 Å². The Morgan fingerprint density at radius 2 is 1.90 bits per heavy atom. The smallest absolute Gasteiger partial charge is 0.328 e. The zero-order chi connectivity index (χ0) is 22.3. The summed E-state index contributed by atoms with van der Waals surface area (Å²) in [6.45, 7) is 6.02. The normalized spacial score (nSPS) is 16.3. The van der Waals surface area contributed by atoms with Crippen molar-refractivity contribution in [3.05, 3.63) is 23.8 Å². The minimum absolute atomic E-state index is 0.228. The van der Waals surface area contributed by atoms with Crippen LogP contribution in [0, 0.1) is 5.41 Å². The van der Waals surface area contributed by atoms with Gasteiger partial charge in [-0.3, -0.25) is 9.59 Å². The number of esters is 1. The number of rotatable bonds is 10. The molecule has 166 valence electrons. The fourth-order valence-electron chi connectivity index (χ4n) is 3.44. The summed E-state index contributed by atoms with van der Waals surface area (Å²) in [7, 11) is 3.21. The maximum absolute atomic E-state index is 12.7. The molecular formula is C23H33NO6. The van der Waals surface area contributed by atoms with Crippen LogP contribution in [0.2, 0.25) is 0 Å². The number of hydrogen-bond donors (Lipinski definition) is 0. The van der Waals surface area contributed by atoms with Gasteiger partial charge in [0.25, 0.3) is 5.91 Å². The van der Waals surface area contributed by atoms with Gasteiger partial charge in [0.05, 0.1) is 20.8 Å². The minimum Gasteiger partial charge on any atom is -0.497 e. The second kappa shape index (κ2) is 10.5. The summed E-state index contributed by atoms with van der Waals surface area (Å²) in [5.41, 5.74) is 0.238. The van der Waals surface area contributed by atoms with Gasteiger partial charge in [-0.15, -0.1) is 0 Å². The molecule has 2 rings (SSSR count). The third-order valence-electron chi connectivity index (χ3n) is 5.80. The van der Waals surface area contributed by atoms with Crippen LogP contribution in [0.4, 0.5) is 0 Å². The van der Waals surface area contributed by atoms with E-state index in [0.717, 1.165) is 17.1 Å². The molecule has 30 heavy (non-hydrogen) atoms. The molecule has 0 aliphatic carbocycles. The molecule has 1 fully saturated rings. The van der Waals surface area contributed by atoms with Crippen LogP contribution in [0.15, 0.2) is 18.2 Å². The van der Waals surface area contributed by atoms with Crippen molar-refractivity contribution in [3.63, 3.8) is 0 Å². The number of nitrogens with zero attached hydrogens (tertiary/aromatic N) is 1. The highest BCUT2D eigenvalue weighted by Crippen LogP contribution is 2.27. The van der Waals surface area contributed by atoms with Gasteiger partial charge in [-0.1, -0.05) is 20.8 Å². The third-order valence-corrected chi connectivity index (χ3v) is 5.80. The molecule has 1 atom stereocenters. The average molecular weight is 420 g/mol. The van der Waals surface area contributed by atoms with E-state index < -0.39 is 29.1 Å². The summed E-state index contributed by atoms with van der Waals surface area (Å²) >= 11 is 0. The van der Waals surface area contributed by atoms with Crippen molar-refractivity contribution in [3.8, 4) is 11.5 Å². The van der Waals surface area contributed by atoms with Crippen LogP contribution in [0.5, 0.6) is 11.5 Å². The molecule has 1 amide bonds. The molecule has 0 unspecified atom stereocenters. The number of Topliss-reactive ketones (excluding diaryl/α,β-unsaturated/α-hetero) is 1. The summed E-state index contributed by atoms with van der Waals surface area (Å²) in [6.07, 6.45) is 3.04. The van der Waals surface area contributed by atoms with Crippen molar-refractivity contribution in [1.29, 1.82) is 0 Å². The highest BCUT2D eigenvalue weighted by Gasteiger charge is 2.41. The van der Waals surface area contributed by atoms with Gasteiger partial charge < -0.3 is 19.1 Å². The Morgan fingerprint density at radius 1 is 1.17 bits per heavy atom. The van der Waals surface area contributed by atoms with E-state index in [0.29, 0.717) is 38.6 Å². The number of benzene rings is 1. The SMILES string of the molecule is CCC(C)(C)C(=O)C(=O)N1CCC[C@H]1C(=O)OCCCc1cc(OC)ccc1OC. The minimum atomic E-state index is -0.732. The standard InChI is InChI=1S/C23H33NO6/c1-6-23(2,3)20(25)21(26)24-13-7-10-18(24)22(27)30-14-8-9-16-15-17(28-4)11-12-19(16)29-5/h11-12,15,18H,6-10,13-14H2,1-5H3/t18-/m0/s1. The summed E-state index contributed by atoms with van der Waals surface area (Å²) in [6, 6.07) is 4.89. The Morgan fingerprint density at radius 3 is 2.53 bits per heavy atom. The van der Waals surface area contributed by atoms with E-state index in [4.69, 9.17) is 14.2 Å². The summed E-state index contributed by atoms with van der Waals surface area (Å²) in [4.78, 5) is 39.1. The monoisotopic (exact) mass is 419 g/mol. The fraction of sp³-hybridized carbons (Fsp3) is 0.609. The van der Waals surface area contributed by atoms with Crippen molar-refractivity contribution in [1.82, 2.24) is 4.90 Å². The topological polar surface area (TPSA) is 82.1 Å². The molecule has 1 aliphatic rings. The van der Waals surface area contributed by atoms with Crippen LogP contribution in [0.1, 0.15) is 52.0 Å². The van der Waals surface area contributed by atoms with Crippen molar-refractivity contribution >= 4 is 17.7 Å². The second-order valence-electron chi connectivity index (χ2n) is 8.17. The molecule has 1 heterocycles. The van der Waals surface area contributed by atoms with Crippen LogP contribution >= 0.6 is 0 Å². The molecule has 1 saturated heterocycles. The van der Waals surface area contributed by atoms with Crippen LogP contribution < -0.4 is 9.47 Å². The van der Waals surface area contributed by atoms with Gasteiger partial charge in [0, 0.05) is 12.0 Å². The lowest BCUT2D eigenvalue weighted by atomic mass is 9.84. The largest absolute Gasteiger partial charge is 0.497 e. The van der Waals surface area contributed by atoms with Crippen molar-refractivity contribution in [2.75, 3.05) is 27.4 Å². The van der Waals surface area contributed by atoms with E-state index in [2.05, 4.69) is 0 Å². The number of amides is 1. The molecule has 7 heteroatoms. The molecule has 1 aromatic rings. The van der Waals surface area contributed by atoms with Gasteiger partial charge in [-0.2, -0.15) is 0 Å². The third kappa shape index (κ3) is 5.52. The first-order valence-electron chi connectivity index (χ1n) is 10.5. The average Bonchev–Trinajstić information content (AvgIpc) is 3.25. The van der Waals surface area contributed by atoms with Crippen LogP contribution in [0.25, 0.3) is 0 Å². The lowest BCUT2D eigenvalue weighted by molar-refractivity contribution is -0.157. The molecule has 0 aromatic heterocycles. The number of methoxy groups -OCH3 is 2. The predicted molar refractivity (Wildman–Crippen MR) is 113 cm³/mol. The highest BCUT2D eigenvalue weighted by molar-refractivity contribution is 6.38. The number of ketones is 1. The Balaban J connectivity index is 1.90. The zero-order valence-electron chi connectivity index (χ0n) is 18.7. The van der Waals surface area contributed by atoms with Gasteiger partial charge >= 0.3 is 5.97 Å². The first-order valence-corrected chi connectivity index (χ1v) is 10.5. The van der Waals surface area contributed by atoms with E-state index in [-0.39, 0.29) is 6.61 Å². The number of carbonyl (C=O) groups is 3. The molecule has 0 radical (unpaired) electrons. The molecule has 0 spiro atoms. The highest BCUT2D eigenvalue weighted by atomic mass is 16.5. The molecular weight excluding hydrogens is 386 g/mol. The molecule has 7 nitrogen and oxygen atoms in total. The number of aryl methyl sites for hydroxylation is 1. The van der Waals surface area contributed by atoms with Crippen LogP contribution in [-0.2, 0) is 25.5 Å². The lowest BCUT2D eigenvalue weighted by Gasteiger charge is -2.27. The Hall–Kier alpha value is -2.57. The van der Waals surface area contributed by atoms with E-state index in [1.165, 1.54) is 4.90 Å². The Bertz CT molecular complexity index is 773. The maximum atomic E-state index is 12.7. The zero-order valence-corrected chi connectivity index (χ0v) is 18.7. The molecule has 1 aliphatic heterocycles. The Kier molecular flexibility index (Phi) is 8.26. The van der Waals surface area contributed by atoms with Gasteiger partial charge in [0.15, 0.2) is 0 Å². The number of ether oxygens (including phenoxy) is 3. The van der Waals surface area contributed by atoms with Crippen molar-refractivity contribution in [2.45, 2.75) is 58.9 Å². The molecule has 1 aromatic carbocycles. The summed E-state index contributed by atoms with van der Waals surface area (Å²) < 4.78 is 16.0. The van der Waals surface area contributed by atoms with Gasteiger partial charge in [0.1, 0.15) is 17.5 Å². The maximum Gasteiger partial charge on any atom is 0.328 e. The van der Waals surface area contributed by atoms with E-state index in [1.807, 2.05) is 25.1 Å². The summed E-state index contributed by atoms with van der Waals surface area (Å²) in [5.74, 6) is 0.0205. The van der Waals surface area contributed by atoms with E-state index in [9.17, 15) is 14.4 Å². The molecule has 0 bridgehead atoms.